The SMILES string of the molecule is CCCCCCCCCCCCCCOC(=O)C1CCCCC1C(=O)OCCCCCCCCCCCCCC. The average Bonchev–Trinajstić information content (AvgIpc) is 2.97. The molecular formula is C36H68O4. The molecule has 1 rings (SSSR count). The fraction of sp³-hybridized carbons (Fsp3) is 0.944. The number of carbonyl (C=O) groups is 2. The van der Waals surface area contributed by atoms with Crippen LogP contribution in [-0.4, -0.2) is 25.2 Å². The summed E-state index contributed by atoms with van der Waals surface area (Å²) in [5.41, 5.74) is 0. The van der Waals surface area contributed by atoms with Crippen molar-refractivity contribution in [1.82, 2.24) is 0 Å². The van der Waals surface area contributed by atoms with E-state index < -0.39 is 0 Å². The molecule has 40 heavy (non-hydrogen) atoms. The zero-order valence-electron chi connectivity index (χ0n) is 27.0. The van der Waals surface area contributed by atoms with Crippen molar-refractivity contribution in [3.05, 3.63) is 0 Å². The number of hydrogen-bond donors (Lipinski definition) is 0. The number of unbranched alkanes of at least 4 members (excludes halogenated alkanes) is 22. The minimum Gasteiger partial charge on any atom is -0.465 e. The third-order valence-electron chi connectivity index (χ3n) is 8.86. The van der Waals surface area contributed by atoms with E-state index in [2.05, 4.69) is 13.8 Å². The highest BCUT2D eigenvalue weighted by atomic mass is 16.5. The van der Waals surface area contributed by atoms with Crippen LogP contribution in [0, 0.1) is 11.8 Å². The van der Waals surface area contributed by atoms with Crippen molar-refractivity contribution in [3.8, 4) is 0 Å². The van der Waals surface area contributed by atoms with Gasteiger partial charge in [-0.3, -0.25) is 9.59 Å². The Bertz CT molecular complexity index is 525. The molecule has 1 fully saturated rings. The molecule has 0 heterocycles. The van der Waals surface area contributed by atoms with Gasteiger partial charge in [-0.1, -0.05) is 168 Å². The first-order valence-corrected chi connectivity index (χ1v) is 18.0. The second-order valence-corrected chi connectivity index (χ2v) is 12.6. The largest absolute Gasteiger partial charge is 0.465 e. The van der Waals surface area contributed by atoms with E-state index in [1.54, 1.807) is 0 Å². The topological polar surface area (TPSA) is 52.6 Å². The highest BCUT2D eigenvalue weighted by molar-refractivity contribution is 5.82. The predicted octanol–water partition coefficient (Wildman–Crippen LogP) is 11.3. The Morgan fingerprint density at radius 2 is 0.675 bits per heavy atom. The number of hydrogen-bond acceptors (Lipinski definition) is 4. The molecule has 0 bridgehead atoms. The van der Waals surface area contributed by atoms with Crippen molar-refractivity contribution in [2.75, 3.05) is 13.2 Å². The normalized spacial score (nSPS) is 17.1. The lowest BCUT2D eigenvalue weighted by Crippen LogP contribution is -2.35. The van der Waals surface area contributed by atoms with E-state index in [0.29, 0.717) is 13.2 Å². The third kappa shape index (κ3) is 20.8. The molecule has 0 spiro atoms. The third-order valence-corrected chi connectivity index (χ3v) is 8.86. The van der Waals surface area contributed by atoms with Crippen LogP contribution in [0.2, 0.25) is 0 Å². The smallest absolute Gasteiger partial charge is 0.309 e. The van der Waals surface area contributed by atoms with Crippen molar-refractivity contribution in [2.45, 2.75) is 194 Å². The van der Waals surface area contributed by atoms with Crippen LogP contribution in [0.25, 0.3) is 0 Å². The summed E-state index contributed by atoms with van der Waals surface area (Å²) in [4.78, 5) is 25.5. The van der Waals surface area contributed by atoms with Gasteiger partial charge in [0, 0.05) is 0 Å². The molecule has 2 unspecified atom stereocenters. The van der Waals surface area contributed by atoms with E-state index in [1.165, 1.54) is 128 Å². The Kier molecular flexibility index (Phi) is 25.9. The fourth-order valence-corrected chi connectivity index (χ4v) is 6.14. The Labute approximate surface area is 249 Å². The maximum absolute atomic E-state index is 12.8. The van der Waals surface area contributed by atoms with Gasteiger partial charge in [-0.15, -0.1) is 0 Å². The van der Waals surface area contributed by atoms with Crippen molar-refractivity contribution in [2.24, 2.45) is 11.8 Å². The lowest BCUT2D eigenvalue weighted by Gasteiger charge is -2.28. The highest BCUT2D eigenvalue weighted by Crippen LogP contribution is 2.32. The van der Waals surface area contributed by atoms with Gasteiger partial charge in [-0.25, -0.2) is 0 Å². The quantitative estimate of drug-likeness (QED) is 0.0700. The summed E-state index contributed by atoms with van der Waals surface area (Å²) in [5.74, 6) is -0.953. The van der Waals surface area contributed by atoms with Crippen LogP contribution in [0.1, 0.15) is 194 Å². The van der Waals surface area contributed by atoms with Crippen LogP contribution in [0.4, 0.5) is 0 Å². The second kappa shape index (κ2) is 28.1. The average molecular weight is 565 g/mol. The number of ether oxygens (including phenoxy) is 2. The van der Waals surface area contributed by atoms with E-state index >= 15 is 0 Å². The van der Waals surface area contributed by atoms with Crippen molar-refractivity contribution >= 4 is 11.9 Å². The first kappa shape index (κ1) is 37.0. The Morgan fingerprint density at radius 3 is 0.950 bits per heavy atom. The van der Waals surface area contributed by atoms with Gasteiger partial charge in [0.25, 0.3) is 0 Å². The molecule has 0 aromatic carbocycles. The highest BCUT2D eigenvalue weighted by Gasteiger charge is 2.37. The molecule has 0 aromatic rings. The molecule has 4 nitrogen and oxygen atoms in total. The van der Waals surface area contributed by atoms with Gasteiger partial charge in [0.1, 0.15) is 0 Å². The van der Waals surface area contributed by atoms with Gasteiger partial charge in [0.05, 0.1) is 25.0 Å². The monoisotopic (exact) mass is 565 g/mol. The molecule has 1 aliphatic carbocycles. The van der Waals surface area contributed by atoms with E-state index in [9.17, 15) is 9.59 Å². The van der Waals surface area contributed by atoms with Crippen LogP contribution < -0.4 is 0 Å². The molecule has 0 saturated heterocycles. The van der Waals surface area contributed by atoms with Crippen LogP contribution in [-0.2, 0) is 19.1 Å². The van der Waals surface area contributed by atoms with Crippen molar-refractivity contribution < 1.29 is 19.1 Å². The van der Waals surface area contributed by atoms with Crippen molar-refractivity contribution in [3.63, 3.8) is 0 Å². The van der Waals surface area contributed by atoms with E-state index in [1.807, 2.05) is 0 Å². The molecule has 0 aromatic heterocycles. The lowest BCUT2D eigenvalue weighted by atomic mass is 9.79. The molecule has 0 N–H and O–H groups in total. The summed E-state index contributed by atoms with van der Waals surface area (Å²) < 4.78 is 11.3. The maximum atomic E-state index is 12.8. The van der Waals surface area contributed by atoms with E-state index in [-0.39, 0.29) is 23.8 Å². The zero-order chi connectivity index (χ0) is 28.9. The van der Waals surface area contributed by atoms with Crippen LogP contribution in [0.3, 0.4) is 0 Å². The fourth-order valence-electron chi connectivity index (χ4n) is 6.14. The summed E-state index contributed by atoms with van der Waals surface area (Å²) in [5, 5.41) is 0. The summed E-state index contributed by atoms with van der Waals surface area (Å²) in [6, 6.07) is 0. The van der Waals surface area contributed by atoms with Gasteiger partial charge in [0.15, 0.2) is 0 Å². The molecule has 1 aliphatic rings. The minimum atomic E-state index is -0.305. The predicted molar refractivity (Wildman–Crippen MR) is 170 cm³/mol. The van der Waals surface area contributed by atoms with Gasteiger partial charge in [-0.2, -0.15) is 0 Å². The second-order valence-electron chi connectivity index (χ2n) is 12.6. The molecular weight excluding hydrogens is 496 g/mol. The molecule has 236 valence electrons. The summed E-state index contributed by atoms with van der Waals surface area (Å²) in [6.07, 6.45) is 34.6. The summed E-state index contributed by atoms with van der Waals surface area (Å²) in [6.45, 7) is 5.53. The molecule has 0 aliphatic heterocycles. The van der Waals surface area contributed by atoms with Gasteiger partial charge < -0.3 is 9.47 Å². The van der Waals surface area contributed by atoms with E-state index in [0.717, 1.165) is 51.4 Å². The van der Waals surface area contributed by atoms with E-state index in [4.69, 9.17) is 9.47 Å². The Balaban J connectivity index is 2.03. The minimum absolute atomic E-state index is 0.171. The number of rotatable bonds is 28. The van der Waals surface area contributed by atoms with Crippen LogP contribution in [0.15, 0.2) is 0 Å². The number of carbonyl (C=O) groups excluding carboxylic acids is 2. The molecule has 1 saturated carbocycles. The van der Waals surface area contributed by atoms with Gasteiger partial charge >= 0.3 is 11.9 Å². The molecule has 0 radical (unpaired) electrons. The molecule has 0 amide bonds. The Hall–Kier alpha value is -1.06. The molecule has 2 atom stereocenters. The van der Waals surface area contributed by atoms with Crippen LogP contribution >= 0.6 is 0 Å². The summed E-state index contributed by atoms with van der Waals surface area (Å²) in [7, 11) is 0. The first-order chi connectivity index (χ1) is 19.7. The maximum Gasteiger partial charge on any atom is 0.309 e. The molecule has 4 heteroatoms. The Morgan fingerprint density at radius 1 is 0.425 bits per heavy atom. The zero-order valence-corrected chi connectivity index (χ0v) is 27.0. The number of esters is 2. The summed E-state index contributed by atoms with van der Waals surface area (Å²) >= 11 is 0. The first-order valence-electron chi connectivity index (χ1n) is 18.0. The van der Waals surface area contributed by atoms with Crippen molar-refractivity contribution in [1.29, 1.82) is 0 Å². The van der Waals surface area contributed by atoms with Gasteiger partial charge in [0.2, 0.25) is 0 Å². The van der Waals surface area contributed by atoms with Crippen LogP contribution in [0.5, 0.6) is 0 Å². The standard InChI is InChI=1S/C36H68O4/c1-3-5-7-9-11-13-15-17-19-21-23-27-31-39-35(37)33-29-25-26-30-34(33)36(38)40-32-28-24-22-20-18-16-14-12-10-8-6-4-2/h33-34H,3-32H2,1-2H3. The lowest BCUT2D eigenvalue weighted by molar-refractivity contribution is -0.163. The van der Waals surface area contributed by atoms with Gasteiger partial charge in [-0.05, 0) is 25.7 Å².